The number of halogens is 1. The Bertz CT molecular complexity index is 638. The molecule has 0 aliphatic heterocycles. The Balaban J connectivity index is 2.26. The van der Waals surface area contributed by atoms with Crippen molar-refractivity contribution in [3.8, 4) is 11.5 Å². The number of hydrogen-bond acceptors (Lipinski definition) is 4. The Labute approximate surface area is 133 Å². The fourth-order valence-electron chi connectivity index (χ4n) is 2.13. The Kier molecular flexibility index (Phi) is 4.90. The van der Waals surface area contributed by atoms with Gasteiger partial charge in [0.05, 0.1) is 23.0 Å². The third kappa shape index (κ3) is 3.39. The highest BCUT2D eigenvalue weighted by Gasteiger charge is 2.14. The normalized spacial score (nSPS) is 12.3. The summed E-state index contributed by atoms with van der Waals surface area (Å²) in [7, 11) is 3.53. The van der Waals surface area contributed by atoms with Gasteiger partial charge in [0, 0.05) is 24.7 Å². The first kappa shape index (κ1) is 15.9. The number of hydrogen-bond donors (Lipinski definition) is 1. The lowest BCUT2D eigenvalue weighted by atomic mass is 10.1. The van der Waals surface area contributed by atoms with Crippen LogP contribution < -0.4 is 15.2 Å². The first-order valence-corrected chi connectivity index (χ1v) is 7.47. The van der Waals surface area contributed by atoms with Crippen molar-refractivity contribution < 1.29 is 9.47 Å². The summed E-state index contributed by atoms with van der Waals surface area (Å²) in [5.41, 5.74) is 8.86. The molecule has 0 saturated carbocycles. The molecule has 0 radical (unpaired) electrons. The van der Waals surface area contributed by atoms with Crippen molar-refractivity contribution in [3.05, 3.63) is 39.6 Å². The van der Waals surface area contributed by atoms with Crippen molar-refractivity contribution in [2.75, 3.05) is 7.11 Å². The molecule has 1 heterocycles. The van der Waals surface area contributed by atoms with E-state index in [4.69, 9.17) is 15.2 Å². The molecule has 0 saturated heterocycles. The summed E-state index contributed by atoms with van der Waals surface area (Å²) < 4.78 is 14.0. The van der Waals surface area contributed by atoms with Crippen molar-refractivity contribution in [1.82, 2.24) is 9.78 Å². The van der Waals surface area contributed by atoms with Crippen LogP contribution in [0.4, 0.5) is 0 Å². The van der Waals surface area contributed by atoms with Gasteiger partial charge in [0.25, 0.3) is 0 Å². The van der Waals surface area contributed by atoms with E-state index in [2.05, 4.69) is 21.0 Å². The maximum Gasteiger partial charge on any atom is 0.131 e. The van der Waals surface area contributed by atoms with Crippen LogP contribution in [0, 0.1) is 6.92 Å². The summed E-state index contributed by atoms with van der Waals surface area (Å²) in [5, 5.41) is 4.35. The summed E-state index contributed by atoms with van der Waals surface area (Å²) in [6.45, 7) is 4.29. The van der Waals surface area contributed by atoms with Crippen LogP contribution in [-0.4, -0.2) is 16.9 Å². The van der Waals surface area contributed by atoms with Crippen molar-refractivity contribution in [2.45, 2.75) is 26.5 Å². The monoisotopic (exact) mass is 353 g/mol. The van der Waals surface area contributed by atoms with Gasteiger partial charge in [-0.05, 0) is 35.8 Å². The molecule has 1 aromatic heterocycles. The number of rotatable bonds is 5. The molecule has 1 aromatic carbocycles. The molecule has 114 valence electrons. The van der Waals surface area contributed by atoms with Gasteiger partial charge < -0.3 is 15.2 Å². The van der Waals surface area contributed by atoms with Gasteiger partial charge in [-0.25, -0.2) is 0 Å². The minimum atomic E-state index is -0.109. The smallest absolute Gasteiger partial charge is 0.131 e. The van der Waals surface area contributed by atoms with Crippen LogP contribution in [0.1, 0.15) is 29.9 Å². The second kappa shape index (κ2) is 6.49. The van der Waals surface area contributed by atoms with Gasteiger partial charge >= 0.3 is 0 Å². The zero-order chi connectivity index (χ0) is 15.6. The third-order valence-corrected chi connectivity index (χ3v) is 4.37. The summed E-state index contributed by atoms with van der Waals surface area (Å²) in [5.74, 6) is 1.48. The van der Waals surface area contributed by atoms with E-state index in [-0.39, 0.29) is 6.04 Å². The molecule has 21 heavy (non-hydrogen) atoms. The molecule has 2 aromatic rings. The summed E-state index contributed by atoms with van der Waals surface area (Å²) in [4.78, 5) is 0. The van der Waals surface area contributed by atoms with E-state index >= 15 is 0 Å². The maximum absolute atomic E-state index is 5.99. The molecule has 0 fully saturated rings. The Morgan fingerprint density at radius 1 is 1.43 bits per heavy atom. The number of nitrogens with zero attached hydrogens (tertiary/aromatic N) is 2. The molecular weight excluding hydrogens is 334 g/mol. The SMILES string of the molecule is COc1ccc([C@H](C)N)c(OCc2c(Br)c(C)nn2C)c1. The Hall–Kier alpha value is -1.53. The zero-order valence-electron chi connectivity index (χ0n) is 12.7. The lowest BCUT2D eigenvalue weighted by Crippen LogP contribution is -2.09. The molecule has 0 unspecified atom stereocenters. The predicted octanol–water partition coefficient (Wildman–Crippen LogP) is 3.10. The quantitative estimate of drug-likeness (QED) is 0.896. The standard InChI is InChI=1S/C15H20BrN3O2/c1-9(17)12-6-5-11(20-4)7-14(12)21-8-13-15(16)10(2)18-19(13)3/h5-7,9H,8,17H2,1-4H3/t9-/m0/s1. The van der Waals surface area contributed by atoms with Crippen LogP contribution >= 0.6 is 15.9 Å². The van der Waals surface area contributed by atoms with Crippen LogP contribution in [0.15, 0.2) is 22.7 Å². The van der Waals surface area contributed by atoms with E-state index in [1.165, 1.54) is 0 Å². The number of aromatic nitrogens is 2. The number of methoxy groups -OCH3 is 1. The van der Waals surface area contributed by atoms with Crippen molar-refractivity contribution in [2.24, 2.45) is 12.8 Å². The van der Waals surface area contributed by atoms with Crippen LogP contribution in [0.5, 0.6) is 11.5 Å². The van der Waals surface area contributed by atoms with Gasteiger partial charge in [-0.2, -0.15) is 5.10 Å². The van der Waals surface area contributed by atoms with Crippen LogP contribution in [-0.2, 0) is 13.7 Å². The number of nitrogens with two attached hydrogens (primary N) is 1. The molecule has 0 bridgehead atoms. The molecule has 2 N–H and O–H groups in total. The number of ether oxygens (including phenoxy) is 2. The molecule has 1 atom stereocenters. The summed E-state index contributed by atoms with van der Waals surface area (Å²) in [6, 6.07) is 5.57. The molecule has 0 aliphatic rings. The Morgan fingerprint density at radius 3 is 2.67 bits per heavy atom. The average Bonchev–Trinajstić information content (AvgIpc) is 2.69. The van der Waals surface area contributed by atoms with Crippen molar-refractivity contribution in [3.63, 3.8) is 0 Å². The minimum absolute atomic E-state index is 0.109. The molecule has 0 spiro atoms. The van der Waals surface area contributed by atoms with E-state index < -0.39 is 0 Å². The molecule has 0 amide bonds. The van der Waals surface area contributed by atoms with Gasteiger partial charge in [0.2, 0.25) is 0 Å². The first-order chi connectivity index (χ1) is 9.93. The lowest BCUT2D eigenvalue weighted by Gasteiger charge is -2.15. The topological polar surface area (TPSA) is 62.3 Å². The number of benzene rings is 1. The van der Waals surface area contributed by atoms with Crippen LogP contribution in [0.3, 0.4) is 0 Å². The fraction of sp³-hybridized carbons (Fsp3) is 0.400. The van der Waals surface area contributed by atoms with E-state index in [1.807, 2.05) is 43.8 Å². The maximum atomic E-state index is 5.99. The van der Waals surface area contributed by atoms with Crippen LogP contribution in [0.2, 0.25) is 0 Å². The molecule has 2 rings (SSSR count). The summed E-state index contributed by atoms with van der Waals surface area (Å²) in [6.07, 6.45) is 0. The van der Waals surface area contributed by atoms with E-state index in [1.54, 1.807) is 7.11 Å². The highest BCUT2D eigenvalue weighted by Crippen LogP contribution is 2.30. The van der Waals surface area contributed by atoms with Crippen LogP contribution in [0.25, 0.3) is 0 Å². The predicted molar refractivity (Wildman–Crippen MR) is 85.6 cm³/mol. The van der Waals surface area contributed by atoms with Gasteiger partial charge in [-0.3, -0.25) is 4.68 Å². The second-order valence-electron chi connectivity index (χ2n) is 4.95. The summed E-state index contributed by atoms with van der Waals surface area (Å²) >= 11 is 3.54. The molecule has 5 nitrogen and oxygen atoms in total. The van der Waals surface area contributed by atoms with Crippen molar-refractivity contribution >= 4 is 15.9 Å². The lowest BCUT2D eigenvalue weighted by molar-refractivity contribution is 0.287. The highest BCUT2D eigenvalue weighted by atomic mass is 79.9. The van der Waals surface area contributed by atoms with Gasteiger partial charge in [-0.1, -0.05) is 6.07 Å². The van der Waals surface area contributed by atoms with E-state index in [9.17, 15) is 0 Å². The zero-order valence-corrected chi connectivity index (χ0v) is 14.3. The molecule has 0 aliphatic carbocycles. The molecule has 6 heteroatoms. The van der Waals surface area contributed by atoms with Gasteiger partial charge in [0.15, 0.2) is 0 Å². The first-order valence-electron chi connectivity index (χ1n) is 6.68. The van der Waals surface area contributed by atoms with Gasteiger partial charge in [-0.15, -0.1) is 0 Å². The minimum Gasteiger partial charge on any atom is -0.497 e. The molecular formula is C15H20BrN3O2. The fourth-order valence-corrected chi connectivity index (χ4v) is 2.58. The van der Waals surface area contributed by atoms with E-state index in [0.29, 0.717) is 6.61 Å². The largest absolute Gasteiger partial charge is 0.497 e. The Morgan fingerprint density at radius 2 is 2.14 bits per heavy atom. The second-order valence-corrected chi connectivity index (χ2v) is 5.74. The van der Waals surface area contributed by atoms with Crippen molar-refractivity contribution in [1.29, 1.82) is 0 Å². The average molecular weight is 354 g/mol. The highest BCUT2D eigenvalue weighted by molar-refractivity contribution is 9.10. The third-order valence-electron chi connectivity index (χ3n) is 3.34. The van der Waals surface area contributed by atoms with E-state index in [0.717, 1.165) is 32.9 Å². The number of aryl methyl sites for hydroxylation is 2. The van der Waals surface area contributed by atoms with Gasteiger partial charge in [0.1, 0.15) is 18.1 Å².